The lowest BCUT2D eigenvalue weighted by molar-refractivity contribution is -0.128. The predicted molar refractivity (Wildman–Crippen MR) is 71.2 cm³/mol. The van der Waals surface area contributed by atoms with Gasteiger partial charge in [0.15, 0.2) is 0 Å². The molecule has 0 bridgehead atoms. The molecule has 0 saturated heterocycles. The van der Waals surface area contributed by atoms with Crippen LogP contribution >= 0.6 is 0 Å². The molecule has 0 unspecified atom stereocenters. The van der Waals surface area contributed by atoms with Gasteiger partial charge in [-0.15, -0.1) is 0 Å². The van der Waals surface area contributed by atoms with Gasteiger partial charge in [-0.3, -0.25) is 20.4 Å². The van der Waals surface area contributed by atoms with Gasteiger partial charge in [0.25, 0.3) is 5.91 Å². The number of carbonyl (C=O) groups excluding carboxylic acids is 3. The van der Waals surface area contributed by atoms with Gasteiger partial charge in [-0.2, -0.15) is 0 Å². The number of hydrazine groups is 1. The van der Waals surface area contributed by atoms with Crippen molar-refractivity contribution in [2.24, 2.45) is 0 Å². The lowest BCUT2D eigenvalue weighted by Gasteiger charge is -2.14. The summed E-state index contributed by atoms with van der Waals surface area (Å²) in [5.41, 5.74) is 5.12. The Morgan fingerprint density at radius 1 is 1.15 bits per heavy atom. The molecule has 7 nitrogen and oxygen atoms in total. The van der Waals surface area contributed by atoms with Crippen LogP contribution in [0.3, 0.4) is 0 Å². The van der Waals surface area contributed by atoms with Crippen LogP contribution in [0.4, 0.5) is 4.79 Å². The van der Waals surface area contributed by atoms with Crippen LogP contribution in [-0.4, -0.2) is 23.9 Å². The average molecular weight is 279 g/mol. The fourth-order valence-electron chi connectivity index (χ4n) is 1.26. The Labute approximate surface area is 116 Å². The lowest BCUT2D eigenvalue weighted by atomic mass is 10.2. The maximum Gasteiger partial charge on any atom is 0.408 e. The van der Waals surface area contributed by atoms with Crippen molar-refractivity contribution in [2.45, 2.75) is 26.5 Å². The van der Waals surface area contributed by atoms with Crippen LogP contribution in [0.5, 0.6) is 0 Å². The van der Waals surface area contributed by atoms with E-state index in [1.54, 1.807) is 0 Å². The maximum atomic E-state index is 11.5. The first-order valence-electron chi connectivity index (χ1n) is 6.02. The molecule has 1 aromatic rings. The molecule has 20 heavy (non-hydrogen) atoms. The zero-order valence-electron chi connectivity index (χ0n) is 11.3. The van der Waals surface area contributed by atoms with Crippen molar-refractivity contribution in [1.29, 1.82) is 0 Å². The smallest absolute Gasteiger partial charge is 0.408 e. The van der Waals surface area contributed by atoms with Gasteiger partial charge in [0.1, 0.15) is 12.6 Å². The second-order valence-corrected chi connectivity index (χ2v) is 4.10. The third kappa shape index (κ3) is 5.85. The number of benzene rings is 1. The second kappa shape index (κ2) is 7.78. The number of hydrogen-bond donors (Lipinski definition) is 3. The summed E-state index contributed by atoms with van der Waals surface area (Å²) in [6.07, 6.45) is -0.709. The molecule has 0 aliphatic carbocycles. The molecule has 0 aliphatic heterocycles. The Balaban J connectivity index is 2.30. The number of rotatable bonds is 4. The first-order chi connectivity index (χ1) is 9.49. The minimum Gasteiger partial charge on any atom is -0.445 e. The molecule has 1 atom stereocenters. The molecule has 3 N–H and O–H groups in total. The highest BCUT2D eigenvalue weighted by Crippen LogP contribution is 2.00. The summed E-state index contributed by atoms with van der Waals surface area (Å²) in [7, 11) is 0. The van der Waals surface area contributed by atoms with E-state index in [0.29, 0.717) is 0 Å². The molecule has 0 heterocycles. The molecule has 0 aliphatic rings. The van der Waals surface area contributed by atoms with Crippen LogP contribution in [0.25, 0.3) is 0 Å². The molecule has 3 amide bonds. The van der Waals surface area contributed by atoms with Crippen LogP contribution in [-0.2, 0) is 20.9 Å². The zero-order chi connectivity index (χ0) is 15.0. The van der Waals surface area contributed by atoms with Crippen molar-refractivity contribution in [1.82, 2.24) is 16.2 Å². The third-order valence-corrected chi connectivity index (χ3v) is 2.30. The normalized spacial score (nSPS) is 11.1. The monoisotopic (exact) mass is 279 g/mol. The Bertz CT molecular complexity index is 476. The second-order valence-electron chi connectivity index (χ2n) is 4.10. The third-order valence-electron chi connectivity index (χ3n) is 2.30. The largest absolute Gasteiger partial charge is 0.445 e. The summed E-state index contributed by atoms with van der Waals surface area (Å²) in [6, 6.07) is 8.34. The summed E-state index contributed by atoms with van der Waals surface area (Å²) in [5.74, 6) is -0.950. The summed E-state index contributed by atoms with van der Waals surface area (Å²) < 4.78 is 4.96. The molecule has 0 spiro atoms. The quantitative estimate of drug-likeness (QED) is 0.698. The molecule has 0 fully saturated rings. The average Bonchev–Trinajstić information content (AvgIpc) is 2.43. The molecular weight excluding hydrogens is 262 g/mol. The number of alkyl carbamates (subject to hydrolysis) is 1. The number of nitrogens with one attached hydrogen (secondary N) is 3. The zero-order valence-corrected chi connectivity index (χ0v) is 11.3. The highest BCUT2D eigenvalue weighted by atomic mass is 16.5. The van der Waals surface area contributed by atoms with E-state index in [9.17, 15) is 14.4 Å². The molecule has 0 aromatic heterocycles. The molecule has 1 aromatic carbocycles. The summed E-state index contributed by atoms with van der Waals surface area (Å²) in [5, 5.41) is 2.35. The number of ether oxygens (including phenoxy) is 1. The lowest BCUT2D eigenvalue weighted by Crippen LogP contribution is -2.50. The number of amides is 3. The van der Waals surface area contributed by atoms with E-state index in [4.69, 9.17) is 4.74 Å². The minimum atomic E-state index is -0.829. The van der Waals surface area contributed by atoms with E-state index in [-0.39, 0.29) is 6.61 Å². The summed E-state index contributed by atoms with van der Waals surface area (Å²) in [6.45, 7) is 2.85. The standard InChI is InChI=1S/C13H17N3O4/c1-9(12(18)16-15-10(2)17)14-13(19)20-8-11-6-4-3-5-7-11/h3-7,9H,8H2,1-2H3,(H,14,19)(H,15,17)(H,16,18)/t9-/m0/s1. The molecular formula is C13H17N3O4. The highest BCUT2D eigenvalue weighted by molar-refractivity contribution is 5.86. The number of hydrogen-bond acceptors (Lipinski definition) is 4. The van der Waals surface area contributed by atoms with E-state index >= 15 is 0 Å². The van der Waals surface area contributed by atoms with Crippen LogP contribution in [0.1, 0.15) is 19.4 Å². The topological polar surface area (TPSA) is 96.5 Å². The van der Waals surface area contributed by atoms with Crippen molar-refractivity contribution in [3.05, 3.63) is 35.9 Å². The van der Waals surface area contributed by atoms with Crippen molar-refractivity contribution < 1.29 is 19.1 Å². The molecule has 1 rings (SSSR count). The summed E-state index contributed by atoms with van der Waals surface area (Å²) in [4.78, 5) is 33.5. The van der Waals surface area contributed by atoms with Gasteiger partial charge in [0.05, 0.1) is 0 Å². The van der Waals surface area contributed by atoms with Gasteiger partial charge in [0, 0.05) is 6.92 Å². The Morgan fingerprint density at radius 3 is 2.40 bits per heavy atom. The fraction of sp³-hybridized carbons (Fsp3) is 0.308. The SMILES string of the molecule is CC(=O)NNC(=O)[C@H](C)NC(=O)OCc1ccccc1. The molecule has 0 saturated carbocycles. The van der Waals surface area contributed by atoms with Crippen molar-refractivity contribution >= 4 is 17.9 Å². The van der Waals surface area contributed by atoms with E-state index in [0.717, 1.165) is 5.56 Å². The van der Waals surface area contributed by atoms with Crippen LogP contribution in [0, 0.1) is 0 Å². The fourth-order valence-corrected chi connectivity index (χ4v) is 1.26. The Morgan fingerprint density at radius 2 is 1.80 bits per heavy atom. The first kappa shape index (κ1) is 15.5. The Hall–Kier alpha value is -2.57. The van der Waals surface area contributed by atoms with Crippen molar-refractivity contribution in [3.8, 4) is 0 Å². The van der Waals surface area contributed by atoms with Crippen molar-refractivity contribution in [3.63, 3.8) is 0 Å². The van der Waals surface area contributed by atoms with E-state index in [1.165, 1.54) is 13.8 Å². The van der Waals surface area contributed by atoms with Gasteiger partial charge in [-0.1, -0.05) is 30.3 Å². The molecule has 0 radical (unpaired) electrons. The first-order valence-corrected chi connectivity index (χ1v) is 6.02. The van der Waals surface area contributed by atoms with Crippen molar-refractivity contribution in [2.75, 3.05) is 0 Å². The maximum absolute atomic E-state index is 11.5. The Kier molecular flexibility index (Phi) is 6.02. The van der Waals surface area contributed by atoms with E-state index in [1.807, 2.05) is 30.3 Å². The van der Waals surface area contributed by atoms with Crippen LogP contribution < -0.4 is 16.2 Å². The van der Waals surface area contributed by atoms with Gasteiger partial charge in [0.2, 0.25) is 5.91 Å². The van der Waals surface area contributed by atoms with Gasteiger partial charge >= 0.3 is 6.09 Å². The van der Waals surface area contributed by atoms with Gasteiger partial charge < -0.3 is 10.1 Å². The van der Waals surface area contributed by atoms with Gasteiger partial charge in [-0.05, 0) is 12.5 Å². The predicted octanol–water partition coefficient (Wildman–Crippen LogP) is 0.469. The molecule has 7 heteroatoms. The molecule has 108 valence electrons. The highest BCUT2D eigenvalue weighted by Gasteiger charge is 2.16. The summed E-state index contributed by atoms with van der Waals surface area (Å²) >= 11 is 0. The van der Waals surface area contributed by atoms with Gasteiger partial charge in [-0.25, -0.2) is 4.79 Å². The van der Waals surface area contributed by atoms with Crippen LogP contribution in [0.15, 0.2) is 30.3 Å². The minimum absolute atomic E-state index is 0.118. The van der Waals surface area contributed by atoms with E-state index in [2.05, 4.69) is 16.2 Å². The number of carbonyl (C=O) groups is 3. The van der Waals surface area contributed by atoms with E-state index < -0.39 is 23.9 Å². The van der Waals surface area contributed by atoms with Crippen LogP contribution in [0.2, 0.25) is 0 Å².